The number of carbonyl (C=O) groups excluding carboxylic acids is 1. The van der Waals surface area contributed by atoms with Crippen LogP contribution >= 0.6 is 0 Å². The number of carbonyl (C=O) groups is 1. The second kappa shape index (κ2) is 6.21. The third kappa shape index (κ3) is 3.09. The second-order valence-electron chi connectivity index (χ2n) is 5.96. The average molecular weight is 305 g/mol. The van der Waals surface area contributed by atoms with Crippen molar-refractivity contribution in [1.82, 2.24) is 4.98 Å². The minimum atomic E-state index is 0.0982. The molecule has 1 aromatic carbocycles. The summed E-state index contributed by atoms with van der Waals surface area (Å²) >= 11 is 0. The first-order chi connectivity index (χ1) is 11.1. The summed E-state index contributed by atoms with van der Waals surface area (Å²) in [7, 11) is 0. The molecule has 116 valence electrons. The summed E-state index contributed by atoms with van der Waals surface area (Å²) in [6, 6.07) is 11.9. The number of hydrogen-bond acceptors (Lipinski definition) is 4. The SMILES string of the molecule is CC(=O)c1ccc2c(c1)CCN(c1nc(C)ccc1C#N)CC2. The Balaban J connectivity index is 1.89. The summed E-state index contributed by atoms with van der Waals surface area (Å²) in [6.07, 6.45) is 1.75. The van der Waals surface area contributed by atoms with Gasteiger partial charge in [0.25, 0.3) is 0 Å². The van der Waals surface area contributed by atoms with E-state index < -0.39 is 0 Å². The van der Waals surface area contributed by atoms with Gasteiger partial charge in [-0.1, -0.05) is 12.1 Å². The number of ketones is 1. The van der Waals surface area contributed by atoms with E-state index in [0.29, 0.717) is 5.56 Å². The predicted molar refractivity (Wildman–Crippen MR) is 89.8 cm³/mol. The second-order valence-corrected chi connectivity index (χ2v) is 5.96. The molecule has 0 amide bonds. The first-order valence-corrected chi connectivity index (χ1v) is 7.84. The van der Waals surface area contributed by atoms with Crippen molar-refractivity contribution >= 4 is 11.6 Å². The maximum absolute atomic E-state index is 11.6. The smallest absolute Gasteiger partial charge is 0.159 e. The van der Waals surface area contributed by atoms with Crippen LogP contribution < -0.4 is 4.90 Å². The molecule has 0 atom stereocenters. The highest BCUT2D eigenvalue weighted by Crippen LogP contribution is 2.23. The van der Waals surface area contributed by atoms with Crippen LogP contribution in [0.15, 0.2) is 30.3 Å². The first-order valence-electron chi connectivity index (χ1n) is 7.84. The van der Waals surface area contributed by atoms with Crippen LogP contribution in [-0.4, -0.2) is 23.9 Å². The fraction of sp³-hybridized carbons (Fsp3) is 0.316. The Hall–Kier alpha value is -2.67. The van der Waals surface area contributed by atoms with Gasteiger partial charge in [0.1, 0.15) is 11.9 Å². The molecule has 0 spiro atoms. The number of nitrogens with zero attached hydrogens (tertiary/aromatic N) is 3. The topological polar surface area (TPSA) is 57.0 Å². The highest BCUT2D eigenvalue weighted by Gasteiger charge is 2.18. The lowest BCUT2D eigenvalue weighted by molar-refractivity contribution is 0.101. The minimum absolute atomic E-state index is 0.0982. The molecule has 23 heavy (non-hydrogen) atoms. The van der Waals surface area contributed by atoms with Crippen molar-refractivity contribution in [2.75, 3.05) is 18.0 Å². The molecule has 0 unspecified atom stereocenters. The van der Waals surface area contributed by atoms with Gasteiger partial charge in [0.15, 0.2) is 5.78 Å². The summed E-state index contributed by atoms with van der Waals surface area (Å²) in [5.41, 5.74) is 4.81. The van der Waals surface area contributed by atoms with Gasteiger partial charge in [-0.2, -0.15) is 5.26 Å². The number of hydrogen-bond donors (Lipinski definition) is 0. The van der Waals surface area contributed by atoms with Crippen LogP contribution in [0.2, 0.25) is 0 Å². The lowest BCUT2D eigenvalue weighted by Gasteiger charge is -2.22. The molecule has 2 aromatic rings. The molecular weight excluding hydrogens is 286 g/mol. The first kappa shape index (κ1) is 15.2. The molecule has 0 radical (unpaired) electrons. The van der Waals surface area contributed by atoms with Crippen LogP contribution in [0.25, 0.3) is 0 Å². The van der Waals surface area contributed by atoms with Crippen molar-refractivity contribution in [1.29, 1.82) is 5.26 Å². The quantitative estimate of drug-likeness (QED) is 0.800. The molecular formula is C19H19N3O. The summed E-state index contributed by atoms with van der Waals surface area (Å²) in [5, 5.41) is 9.33. The largest absolute Gasteiger partial charge is 0.355 e. The van der Waals surface area contributed by atoms with E-state index in [1.807, 2.05) is 31.2 Å². The number of fused-ring (bicyclic) bond motifs is 1. The van der Waals surface area contributed by atoms with E-state index in [0.717, 1.165) is 43.0 Å². The molecule has 1 aliphatic rings. The summed E-state index contributed by atoms with van der Waals surface area (Å²) in [5.74, 6) is 0.869. The molecule has 2 heterocycles. The molecule has 1 aliphatic heterocycles. The number of Topliss-reactive ketones (excluding diaryl/α,β-unsaturated/α-hetero) is 1. The van der Waals surface area contributed by atoms with Crippen molar-refractivity contribution in [3.63, 3.8) is 0 Å². The van der Waals surface area contributed by atoms with Crippen LogP contribution in [0.1, 0.15) is 39.7 Å². The Labute approximate surface area is 136 Å². The number of pyridine rings is 1. The highest BCUT2D eigenvalue weighted by molar-refractivity contribution is 5.94. The minimum Gasteiger partial charge on any atom is -0.355 e. The summed E-state index contributed by atoms with van der Waals surface area (Å²) < 4.78 is 0. The Bertz CT molecular complexity index is 805. The van der Waals surface area contributed by atoms with Gasteiger partial charge < -0.3 is 4.90 Å². The van der Waals surface area contributed by atoms with Gasteiger partial charge in [-0.25, -0.2) is 4.98 Å². The number of aryl methyl sites for hydroxylation is 1. The monoisotopic (exact) mass is 305 g/mol. The third-order valence-corrected chi connectivity index (χ3v) is 4.35. The summed E-state index contributed by atoms with van der Waals surface area (Å²) in [6.45, 7) is 5.17. The molecule has 0 aliphatic carbocycles. The molecule has 0 saturated carbocycles. The number of nitriles is 1. The normalized spacial score (nSPS) is 13.9. The zero-order valence-corrected chi connectivity index (χ0v) is 13.5. The molecule has 3 rings (SSSR count). The van der Waals surface area contributed by atoms with E-state index in [2.05, 4.69) is 22.0 Å². The number of rotatable bonds is 2. The van der Waals surface area contributed by atoms with Crippen molar-refractivity contribution in [3.05, 3.63) is 58.3 Å². The lowest BCUT2D eigenvalue weighted by atomic mass is 9.99. The van der Waals surface area contributed by atoms with Crippen LogP contribution in [0, 0.1) is 18.3 Å². The Kier molecular flexibility index (Phi) is 4.12. The molecule has 0 bridgehead atoms. The van der Waals surface area contributed by atoms with Gasteiger partial charge in [0.2, 0.25) is 0 Å². The van der Waals surface area contributed by atoms with Gasteiger partial charge >= 0.3 is 0 Å². The van der Waals surface area contributed by atoms with Gasteiger partial charge in [0, 0.05) is 24.3 Å². The Morgan fingerprint density at radius 1 is 1.17 bits per heavy atom. The third-order valence-electron chi connectivity index (χ3n) is 4.35. The lowest BCUT2D eigenvalue weighted by Crippen LogP contribution is -2.28. The predicted octanol–water partition coefficient (Wildman–Crippen LogP) is 3.07. The van der Waals surface area contributed by atoms with Crippen LogP contribution in [0.5, 0.6) is 0 Å². The van der Waals surface area contributed by atoms with Gasteiger partial charge in [-0.3, -0.25) is 4.79 Å². The molecule has 1 aromatic heterocycles. The maximum Gasteiger partial charge on any atom is 0.159 e. The highest BCUT2D eigenvalue weighted by atomic mass is 16.1. The van der Waals surface area contributed by atoms with Crippen molar-refractivity contribution in [2.24, 2.45) is 0 Å². The number of aromatic nitrogens is 1. The molecule has 0 fully saturated rings. The van der Waals surface area contributed by atoms with Crippen molar-refractivity contribution < 1.29 is 4.79 Å². The number of anilines is 1. The van der Waals surface area contributed by atoms with Crippen LogP contribution in [0.4, 0.5) is 5.82 Å². The zero-order chi connectivity index (χ0) is 16.4. The van der Waals surface area contributed by atoms with Gasteiger partial charge in [-0.15, -0.1) is 0 Å². The fourth-order valence-corrected chi connectivity index (χ4v) is 3.03. The van der Waals surface area contributed by atoms with E-state index in [1.54, 1.807) is 6.92 Å². The van der Waals surface area contributed by atoms with Crippen molar-refractivity contribution in [2.45, 2.75) is 26.7 Å². The molecule has 0 N–H and O–H groups in total. The van der Waals surface area contributed by atoms with E-state index in [1.165, 1.54) is 11.1 Å². The average Bonchev–Trinajstić information content (AvgIpc) is 2.76. The fourth-order valence-electron chi connectivity index (χ4n) is 3.03. The van der Waals surface area contributed by atoms with Crippen LogP contribution in [-0.2, 0) is 12.8 Å². The van der Waals surface area contributed by atoms with Crippen molar-refractivity contribution in [3.8, 4) is 6.07 Å². The Morgan fingerprint density at radius 2 is 1.91 bits per heavy atom. The summed E-state index contributed by atoms with van der Waals surface area (Å²) in [4.78, 5) is 18.3. The Morgan fingerprint density at radius 3 is 2.61 bits per heavy atom. The maximum atomic E-state index is 11.6. The molecule has 0 saturated heterocycles. The van der Waals surface area contributed by atoms with E-state index >= 15 is 0 Å². The van der Waals surface area contributed by atoms with E-state index in [9.17, 15) is 10.1 Å². The number of benzene rings is 1. The van der Waals surface area contributed by atoms with E-state index in [-0.39, 0.29) is 5.78 Å². The molecule has 4 nitrogen and oxygen atoms in total. The van der Waals surface area contributed by atoms with Gasteiger partial charge in [-0.05, 0) is 56.0 Å². The van der Waals surface area contributed by atoms with Gasteiger partial charge in [0.05, 0.1) is 5.56 Å². The standard InChI is InChI=1S/C19H19N3O/c1-13-3-4-18(12-20)19(21-13)22-9-7-15-5-6-16(14(2)23)11-17(15)8-10-22/h3-6,11H,7-10H2,1-2H3. The van der Waals surface area contributed by atoms with Crippen LogP contribution in [0.3, 0.4) is 0 Å². The zero-order valence-electron chi connectivity index (χ0n) is 13.5. The molecule has 4 heteroatoms. The van der Waals surface area contributed by atoms with E-state index in [4.69, 9.17) is 0 Å².